The van der Waals surface area contributed by atoms with Crippen LogP contribution in [0.5, 0.6) is 11.5 Å². The number of methoxy groups -OCH3 is 2. The van der Waals surface area contributed by atoms with Crippen molar-refractivity contribution in [3.8, 4) is 11.5 Å². The zero-order valence-electron chi connectivity index (χ0n) is 13.0. The average Bonchev–Trinajstić information content (AvgIpc) is 2.81. The van der Waals surface area contributed by atoms with E-state index >= 15 is 0 Å². The van der Waals surface area contributed by atoms with Crippen LogP contribution >= 0.6 is 11.6 Å². The number of hydrogen-bond acceptors (Lipinski definition) is 5. The molecule has 120 valence electrons. The molecule has 1 aliphatic heterocycles. The molecule has 1 amide bonds. The number of carbonyl (C=O) groups is 1. The van der Waals surface area contributed by atoms with Gasteiger partial charge in [-0.2, -0.15) is 0 Å². The normalized spacial score (nSPS) is 16.4. The number of amides is 1. The van der Waals surface area contributed by atoms with Gasteiger partial charge in [-0.1, -0.05) is 11.6 Å². The Labute approximate surface area is 139 Å². The minimum Gasteiger partial charge on any atom is -0.497 e. The van der Waals surface area contributed by atoms with Gasteiger partial charge in [0.15, 0.2) is 0 Å². The molecule has 7 heteroatoms. The number of aromatic nitrogens is 2. The fraction of sp³-hybridized carbons (Fsp3) is 0.312. The molecule has 0 spiro atoms. The van der Waals surface area contributed by atoms with E-state index in [9.17, 15) is 4.79 Å². The molecule has 2 heterocycles. The molecule has 0 saturated heterocycles. The van der Waals surface area contributed by atoms with Crippen molar-refractivity contribution >= 4 is 23.3 Å². The zero-order chi connectivity index (χ0) is 16.6. The predicted octanol–water partition coefficient (Wildman–Crippen LogP) is 2.80. The summed E-state index contributed by atoms with van der Waals surface area (Å²) in [5, 5.41) is 0.319. The standard InChI is InChI=1S/C16H16ClN3O3/c1-9-13-14(17)18-8-19-15(13)20(16(9)21)7-10-4-5-11(22-2)6-12(10)23-3/h4-6,8-9H,7H2,1-3H3. The SMILES string of the molecule is COc1ccc(CN2C(=O)C(C)c3c(Cl)ncnc32)c(OC)c1. The first-order valence-corrected chi connectivity index (χ1v) is 7.47. The second-order valence-electron chi connectivity index (χ2n) is 5.23. The van der Waals surface area contributed by atoms with Gasteiger partial charge in [0.25, 0.3) is 0 Å². The molecule has 0 bridgehead atoms. The maximum atomic E-state index is 12.6. The average molecular weight is 334 g/mol. The molecule has 1 aromatic heterocycles. The van der Waals surface area contributed by atoms with Crippen molar-refractivity contribution in [2.24, 2.45) is 0 Å². The first-order valence-electron chi connectivity index (χ1n) is 7.09. The monoisotopic (exact) mass is 333 g/mol. The number of nitrogens with zero attached hydrogens (tertiary/aromatic N) is 3. The second-order valence-corrected chi connectivity index (χ2v) is 5.58. The van der Waals surface area contributed by atoms with E-state index in [1.165, 1.54) is 6.33 Å². The van der Waals surface area contributed by atoms with E-state index in [-0.39, 0.29) is 11.8 Å². The molecule has 0 saturated carbocycles. The summed E-state index contributed by atoms with van der Waals surface area (Å²) in [6.45, 7) is 2.15. The molecule has 1 unspecified atom stereocenters. The lowest BCUT2D eigenvalue weighted by Crippen LogP contribution is -2.28. The van der Waals surface area contributed by atoms with Crippen LogP contribution in [0.3, 0.4) is 0 Å². The Balaban J connectivity index is 1.99. The summed E-state index contributed by atoms with van der Waals surface area (Å²) in [7, 11) is 3.18. The van der Waals surface area contributed by atoms with Crippen LogP contribution in [0.15, 0.2) is 24.5 Å². The fourth-order valence-corrected chi connectivity index (χ4v) is 3.01. The highest BCUT2D eigenvalue weighted by Gasteiger charge is 2.38. The molecule has 0 radical (unpaired) electrons. The summed E-state index contributed by atoms with van der Waals surface area (Å²) in [6, 6.07) is 5.49. The summed E-state index contributed by atoms with van der Waals surface area (Å²) < 4.78 is 10.6. The van der Waals surface area contributed by atoms with E-state index in [0.717, 1.165) is 5.56 Å². The fourth-order valence-electron chi connectivity index (χ4n) is 2.72. The number of hydrogen-bond donors (Lipinski definition) is 0. The lowest BCUT2D eigenvalue weighted by Gasteiger charge is -2.19. The van der Waals surface area contributed by atoms with Crippen LogP contribution in [0, 0.1) is 0 Å². The van der Waals surface area contributed by atoms with Crippen molar-refractivity contribution in [3.05, 3.63) is 40.8 Å². The van der Waals surface area contributed by atoms with Crippen molar-refractivity contribution in [1.82, 2.24) is 9.97 Å². The highest BCUT2D eigenvalue weighted by atomic mass is 35.5. The molecular weight excluding hydrogens is 318 g/mol. The summed E-state index contributed by atoms with van der Waals surface area (Å²) in [5.74, 6) is 1.49. The van der Waals surface area contributed by atoms with Crippen LogP contribution in [0.25, 0.3) is 0 Å². The second kappa shape index (κ2) is 6.04. The van der Waals surface area contributed by atoms with Gasteiger partial charge in [-0.3, -0.25) is 9.69 Å². The van der Waals surface area contributed by atoms with Crippen LogP contribution < -0.4 is 14.4 Å². The lowest BCUT2D eigenvalue weighted by atomic mass is 10.1. The molecule has 1 aromatic carbocycles. The molecule has 3 rings (SSSR count). The topological polar surface area (TPSA) is 64.5 Å². The maximum absolute atomic E-state index is 12.6. The van der Waals surface area contributed by atoms with Gasteiger partial charge in [-0.15, -0.1) is 0 Å². The van der Waals surface area contributed by atoms with Gasteiger partial charge in [0, 0.05) is 17.2 Å². The van der Waals surface area contributed by atoms with Crippen LogP contribution in [0.2, 0.25) is 5.15 Å². The highest BCUT2D eigenvalue weighted by Crippen LogP contribution is 2.40. The van der Waals surface area contributed by atoms with Gasteiger partial charge < -0.3 is 9.47 Å². The van der Waals surface area contributed by atoms with E-state index in [1.807, 2.05) is 19.1 Å². The summed E-state index contributed by atoms with van der Waals surface area (Å²) in [5.41, 5.74) is 1.53. The molecule has 0 fully saturated rings. The number of benzene rings is 1. The Hall–Kier alpha value is -2.34. The Kier molecular flexibility index (Phi) is 4.09. The van der Waals surface area contributed by atoms with Crippen molar-refractivity contribution in [2.75, 3.05) is 19.1 Å². The number of rotatable bonds is 4. The Morgan fingerprint density at radius 3 is 2.74 bits per heavy atom. The quantitative estimate of drug-likeness (QED) is 0.805. The Morgan fingerprint density at radius 1 is 1.26 bits per heavy atom. The molecule has 1 atom stereocenters. The van der Waals surface area contributed by atoms with E-state index in [1.54, 1.807) is 25.2 Å². The van der Waals surface area contributed by atoms with Gasteiger partial charge in [-0.05, 0) is 19.1 Å². The first kappa shape index (κ1) is 15.6. The third-order valence-corrected chi connectivity index (χ3v) is 4.26. The third kappa shape index (κ3) is 2.59. The van der Waals surface area contributed by atoms with E-state index in [4.69, 9.17) is 21.1 Å². The van der Waals surface area contributed by atoms with Crippen LogP contribution in [0.1, 0.15) is 24.0 Å². The molecule has 1 aliphatic rings. The van der Waals surface area contributed by atoms with Crippen molar-refractivity contribution < 1.29 is 14.3 Å². The van der Waals surface area contributed by atoms with Crippen molar-refractivity contribution in [3.63, 3.8) is 0 Å². The van der Waals surface area contributed by atoms with E-state index in [2.05, 4.69) is 9.97 Å². The summed E-state index contributed by atoms with van der Waals surface area (Å²) >= 11 is 6.13. The Morgan fingerprint density at radius 2 is 2.04 bits per heavy atom. The largest absolute Gasteiger partial charge is 0.497 e. The minimum atomic E-state index is -0.358. The number of fused-ring (bicyclic) bond motifs is 1. The van der Waals surface area contributed by atoms with Crippen LogP contribution in [-0.4, -0.2) is 30.1 Å². The van der Waals surface area contributed by atoms with Gasteiger partial charge in [0.1, 0.15) is 28.8 Å². The molecule has 0 aliphatic carbocycles. The Bertz CT molecular complexity index is 766. The van der Waals surface area contributed by atoms with E-state index in [0.29, 0.717) is 34.6 Å². The summed E-state index contributed by atoms with van der Waals surface area (Å²) in [4.78, 5) is 22.4. The number of carbonyl (C=O) groups excluding carboxylic acids is 1. The van der Waals surface area contributed by atoms with E-state index < -0.39 is 0 Å². The van der Waals surface area contributed by atoms with Gasteiger partial charge >= 0.3 is 0 Å². The van der Waals surface area contributed by atoms with Crippen molar-refractivity contribution in [2.45, 2.75) is 19.4 Å². The smallest absolute Gasteiger partial charge is 0.235 e. The van der Waals surface area contributed by atoms with Crippen molar-refractivity contribution in [1.29, 1.82) is 0 Å². The first-order chi connectivity index (χ1) is 11.1. The highest BCUT2D eigenvalue weighted by molar-refractivity contribution is 6.31. The molecule has 2 aromatic rings. The van der Waals surface area contributed by atoms with Gasteiger partial charge in [-0.25, -0.2) is 9.97 Å². The maximum Gasteiger partial charge on any atom is 0.235 e. The number of ether oxygens (including phenoxy) is 2. The van der Waals surface area contributed by atoms with Crippen LogP contribution in [-0.2, 0) is 11.3 Å². The van der Waals surface area contributed by atoms with Crippen LogP contribution in [0.4, 0.5) is 5.82 Å². The predicted molar refractivity (Wildman–Crippen MR) is 86.2 cm³/mol. The zero-order valence-corrected chi connectivity index (χ0v) is 13.8. The molecule has 0 N–H and O–H groups in total. The van der Waals surface area contributed by atoms with Gasteiger partial charge in [0.2, 0.25) is 5.91 Å². The molecule has 6 nitrogen and oxygen atoms in total. The lowest BCUT2D eigenvalue weighted by molar-refractivity contribution is -0.119. The summed E-state index contributed by atoms with van der Waals surface area (Å²) in [6.07, 6.45) is 1.37. The molecule has 23 heavy (non-hydrogen) atoms. The number of halogens is 1. The number of anilines is 1. The minimum absolute atomic E-state index is 0.0553. The molecular formula is C16H16ClN3O3. The van der Waals surface area contributed by atoms with Gasteiger partial charge in [0.05, 0.1) is 26.7 Å². The third-order valence-electron chi connectivity index (χ3n) is 3.96.